The molecule has 0 fully saturated rings. The second-order valence-electron chi connectivity index (χ2n) is 2.88. The molecule has 0 atom stereocenters. The highest BCUT2D eigenvalue weighted by Gasteiger charge is 2.18. The Morgan fingerprint density at radius 2 is 1.78 bits per heavy atom. The first kappa shape index (κ1) is 11.9. The molecule has 0 radical (unpaired) electrons. The highest BCUT2D eigenvalue weighted by Crippen LogP contribution is 2.12. The van der Waals surface area contributed by atoms with Crippen LogP contribution in [0.15, 0.2) is 0 Å². The van der Waals surface area contributed by atoms with E-state index in [4.69, 9.17) is 5.73 Å². The lowest BCUT2D eigenvalue weighted by atomic mass is 9.91. The number of rotatable bonds is 1. The zero-order chi connectivity index (χ0) is 6.78. The fourth-order valence-electron chi connectivity index (χ4n) is 0.306. The van der Waals surface area contributed by atoms with Gasteiger partial charge < -0.3 is 22.7 Å². The van der Waals surface area contributed by atoms with E-state index in [-0.39, 0.29) is 34.7 Å². The average Bonchev–Trinajstić information content (AvgIpc) is 1.62. The van der Waals surface area contributed by atoms with E-state index in [2.05, 4.69) is 0 Å². The lowest BCUT2D eigenvalue weighted by molar-refractivity contribution is -0.124. The van der Waals surface area contributed by atoms with Crippen LogP contribution in [0.3, 0.4) is 0 Å². The van der Waals surface area contributed by atoms with Gasteiger partial charge in [-0.25, -0.2) is 0 Å². The SMILES string of the molecule is CC(C)(C)C(=O)CN.[Br-]. The van der Waals surface area contributed by atoms with Crippen LogP contribution < -0.4 is 22.7 Å². The molecule has 0 bridgehead atoms. The van der Waals surface area contributed by atoms with E-state index < -0.39 is 0 Å². The molecular weight excluding hydrogens is 182 g/mol. The Morgan fingerprint density at radius 1 is 1.44 bits per heavy atom. The number of Topliss-reactive ketones (excluding diaryl/α,β-unsaturated/α-hetero) is 1. The van der Waals surface area contributed by atoms with Crippen molar-refractivity contribution in [2.45, 2.75) is 20.8 Å². The van der Waals surface area contributed by atoms with Gasteiger partial charge in [0.1, 0.15) is 0 Å². The van der Waals surface area contributed by atoms with Crippen LogP contribution in [0, 0.1) is 5.41 Å². The predicted molar refractivity (Wildman–Crippen MR) is 33.5 cm³/mol. The number of halogens is 1. The summed E-state index contributed by atoms with van der Waals surface area (Å²) in [5.74, 6) is 0.109. The minimum absolute atomic E-state index is 0. The third-order valence-corrected chi connectivity index (χ3v) is 1.02. The fourth-order valence-corrected chi connectivity index (χ4v) is 0.306. The molecule has 0 amide bonds. The van der Waals surface area contributed by atoms with Crippen LogP contribution in [-0.4, -0.2) is 12.3 Å². The summed E-state index contributed by atoms with van der Waals surface area (Å²) >= 11 is 0. The highest BCUT2D eigenvalue weighted by atomic mass is 79.9. The van der Waals surface area contributed by atoms with Crippen LogP contribution in [-0.2, 0) is 4.79 Å². The summed E-state index contributed by atoms with van der Waals surface area (Å²) in [6, 6.07) is 0. The van der Waals surface area contributed by atoms with Gasteiger partial charge in [-0.2, -0.15) is 0 Å². The zero-order valence-electron chi connectivity index (χ0n) is 6.07. The van der Waals surface area contributed by atoms with Crippen molar-refractivity contribution < 1.29 is 21.8 Å². The quantitative estimate of drug-likeness (QED) is 0.505. The smallest absolute Gasteiger partial charge is 0.151 e. The molecule has 0 aliphatic rings. The van der Waals surface area contributed by atoms with Crippen molar-refractivity contribution in [1.82, 2.24) is 0 Å². The minimum atomic E-state index is -0.255. The molecule has 0 unspecified atom stereocenters. The van der Waals surface area contributed by atoms with E-state index in [0.29, 0.717) is 0 Å². The maximum Gasteiger partial charge on any atom is 0.151 e. The van der Waals surface area contributed by atoms with Crippen molar-refractivity contribution in [2.75, 3.05) is 6.54 Å². The van der Waals surface area contributed by atoms with E-state index in [1.807, 2.05) is 20.8 Å². The van der Waals surface area contributed by atoms with Gasteiger partial charge in [0.15, 0.2) is 5.78 Å². The van der Waals surface area contributed by atoms with E-state index in [0.717, 1.165) is 0 Å². The van der Waals surface area contributed by atoms with E-state index >= 15 is 0 Å². The molecule has 0 aromatic heterocycles. The Hall–Kier alpha value is 0.110. The summed E-state index contributed by atoms with van der Waals surface area (Å²) in [7, 11) is 0. The Labute approximate surface area is 66.6 Å². The second kappa shape index (κ2) is 4.01. The summed E-state index contributed by atoms with van der Waals surface area (Å²) in [5.41, 5.74) is 4.85. The molecule has 0 saturated carbocycles. The van der Waals surface area contributed by atoms with Gasteiger partial charge in [-0.3, -0.25) is 4.79 Å². The zero-order valence-corrected chi connectivity index (χ0v) is 7.66. The lowest BCUT2D eigenvalue weighted by Crippen LogP contribution is -3.00. The molecule has 0 aliphatic heterocycles. The van der Waals surface area contributed by atoms with Crippen molar-refractivity contribution in [1.29, 1.82) is 0 Å². The van der Waals surface area contributed by atoms with Crippen LogP contribution in [0.4, 0.5) is 0 Å². The summed E-state index contributed by atoms with van der Waals surface area (Å²) in [6.45, 7) is 5.75. The van der Waals surface area contributed by atoms with Crippen molar-refractivity contribution in [3.05, 3.63) is 0 Å². The number of carbonyl (C=O) groups excluding carboxylic acids is 1. The standard InChI is InChI=1S/C6H13NO.BrH/c1-6(2,3)5(8)4-7;/h4,7H2,1-3H3;1H/p-1. The largest absolute Gasteiger partial charge is 1.00 e. The van der Waals surface area contributed by atoms with Crippen molar-refractivity contribution in [3.8, 4) is 0 Å². The van der Waals surface area contributed by atoms with Gasteiger partial charge in [0, 0.05) is 5.41 Å². The molecule has 0 saturated heterocycles. The Balaban J connectivity index is 0. The van der Waals surface area contributed by atoms with Gasteiger partial charge in [-0.15, -0.1) is 0 Å². The summed E-state index contributed by atoms with van der Waals surface area (Å²) in [6.07, 6.45) is 0. The monoisotopic (exact) mass is 194 g/mol. The maximum atomic E-state index is 10.7. The van der Waals surface area contributed by atoms with Crippen molar-refractivity contribution in [2.24, 2.45) is 11.1 Å². The number of nitrogens with two attached hydrogens (primary N) is 1. The summed E-state index contributed by atoms with van der Waals surface area (Å²) < 4.78 is 0. The predicted octanol–water partition coefficient (Wildman–Crippen LogP) is -2.44. The normalized spacial score (nSPS) is 10.2. The molecule has 9 heavy (non-hydrogen) atoms. The van der Waals surface area contributed by atoms with Gasteiger partial charge in [0.2, 0.25) is 0 Å². The molecule has 0 aromatic carbocycles. The van der Waals surface area contributed by atoms with Crippen LogP contribution in [0.5, 0.6) is 0 Å². The first-order valence-electron chi connectivity index (χ1n) is 2.72. The number of hydrogen-bond acceptors (Lipinski definition) is 2. The second-order valence-corrected chi connectivity index (χ2v) is 2.88. The minimum Gasteiger partial charge on any atom is -1.00 e. The first-order chi connectivity index (χ1) is 3.48. The van der Waals surface area contributed by atoms with Crippen LogP contribution >= 0.6 is 0 Å². The topological polar surface area (TPSA) is 43.1 Å². The molecule has 0 aliphatic carbocycles. The average molecular weight is 195 g/mol. The molecule has 3 heteroatoms. The van der Waals surface area contributed by atoms with E-state index in [1.165, 1.54) is 0 Å². The maximum absolute atomic E-state index is 10.7. The van der Waals surface area contributed by atoms with E-state index in [1.54, 1.807) is 0 Å². The third-order valence-electron chi connectivity index (χ3n) is 1.02. The Bertz CT molecular complexity index is 95.7. The van der Waals surface area contributed by atoms with Gasteiger partial charge in [0.05, 0.1) is 6.54 Å². The lowest BCUT2D eigenvalue weighted by Gasteiger charge is -2.13. The van der Waals surface area contributed by atoms with Crippen molar-refractivity contribution in [3.63, 3.8) is 0 Å². The molecule has 2 nitrogen and oxygen atoms in total. The van der Waals surface area contributed by atoms with Gasteiger partial charge in [-0.1, -0.05) is 20.8 Å². The summed E-state index contributed by atoms with van der Waals surface area (Å²) in [5, 5.41) is 0. The summed E-state index contributed by atoms with van der Waals surface area (Å²) in [4.78, 5) is 10.7. The highest BCUT2D eigenvalue weighted by molar-refractivity contribution is 5.85. The fraction of sp³-hybridized carbons (Fsp3) is 0.833. The number of carbonyl (C=O) groups is 1. The van der Waals surface area contributed by atoms with Crippen LogP contribution in [0.2, 0.25) is 0 Å². The third kappa shape index (κ3) is 4.60. The molecule has 0 spiro atoms. The van der Waals surface area contributed by atoms with Gasteiger partial charge >= 0.3 is 0 Å². The number of hydrogen-bond donors (Lipinski definition) is 1. The van der Waals surface area contributed by atoms with Crippen LogP contribution in [0.1, 0.15) is 20.8 Å². The van der Waals surface area contributed by atoms with E-state index in [9.17, 15) is 4.79 Å². The molecule has 2 N–H and O–H groups in total. The molecule has 56 valence electrons. The van der Waals surface area contributed by atoms with Crippen molar-refractivity contribution >= 4 is 5.78 Å². The first-order valence-corrected chi connectivity index (χ1v) is 2.72. The molecule has 0 heterocycles. The molecular formula is C6H13BrNO-. The molecule has 0 aromatic rings. The molecule has 0 rings (SSSR count). The number of ketones is 1. The Morgan fingerprint density at radius 3 is 1.78 bits per heavy atom. The van der Waals surface area contributed by atoms with Gasteiger partial charge in [0.25, 0.3) is 0 Å². The van der Waals surface area contributed by atoms with Gasteiger partial charge in [-0.05, 0) is 0 Å². The Kier molecular flexibility index (Phi) is 5.28. The van der Waals surface area contributed by atoms with Crippen LogP contribution in [0.25, 0.3) is 0 Å².